The van der Waals surface area contributed by atoms with Gasteiger partial charge in [-0.2, -0.15) is 0 Å². The Hall–Kier alpha value is -1.58. The van der Waals surface area contributed by atoms with E-state index < -0.39 is 0 Å². The molecule has 2 rings (SSSR count). The molecule has 0 unspecified atom stereocenters. The molecular formula is C15H22N4. The first-order valence-electron chi connectivity index (χ1n) is 6.82. The fraction of sp³-hybridized carbons (Fsp3) is 0.600. The Morgan fingerprint density at radius 3 is 2.11 bits per heavy atom. The molecule has 0 N–H and O–H groups in total. The molecule has 0 aliphatic carbocycles. The molecule has 0 aromatic carbocycles. The van der Waals surface area contributed by atoms with Gasteiger partial charge < -0.3 is 0 Å². The van der Waals surface area contributed by atoms with Gasteiger partial charge in [-0.15, -0.1) is 0 Å². The van der Waals surface area contributed by atoms with Gasteiger partial charge in [0.15, 0.2) is 5.82 Å². The summed E-state index contributed by atoms with van der Waals surface area (Å²) < 4.78 is 0. The lowest BCUT2D eigenvalue weighted by atomic mass is 9.98. The fourth-order valence-corrected chi connectivity index (χ4v) is 1.84. The second kappa shape index (κ2) is 4.83. The number of aliphatic imine (C=N–C) groups is 2. The molecule has 0 saturated heterocycles. The number of fused-ring (bicyclic) bond motifs is 1. The van der Waals surface area contributed by atoms with Crippen LogP contribution in [0.25, 0.3) is 0 Å². The molecule has 1 aromatic rings. The van der Waals surface area contributed by atoms with Crippen LogP contribution in [0.2, 0.25) is 0 Å². The number of nitrogens with zero attached hydrogens (tertiary/aromatic N) is 4. The molecule has 0 amide bonds. The van der Waals surface area contributed by atoms with Crippen molar-refractivity contribution >= 4 is 23.9 Å². The summed E-state index contributed by atoms with van der Waals surface area (Å²) in [5, 5.41) is 0. The highest BCUT2D eigenvalue weighted by molar-refractivity contribution is 5.93. The molecule has 1 aromatic heterocycles. The van der Waals surface area contributed by atoms with Crippen LogP contribution in [0.3, 0.4) is 0 Å². The van der Waals surface area contributed by atoms with E-state index in [0.717, 1.165) is 17.2 Å². The molecule has 0 radical (unpaired) electrons. The summed E-state index contributed by atoms with van der Waals surface area (Å²) in [4.78, 5) is 18.3. The summed E-state index contributed by atoms with van der Waals surface area (Å²) in [7, 11) is 0. The maximum atomic E-state index is 4.68. The highest BCUT2D eigenvalue weighted by Gasteiger charge is 2.21. The van der Waals surface area contributed by atoms with Gasteiger partial charge in [0.2, 0.25) is 0 Å². The van der Waals surface area contributed by atoms with Crippen molar-refractivity contribution in [2.45, 2.75) is 53.4 Å². The SMILES string of the molecule is CC(C)c1nc2c(c(C(C)C)n1)N=CC(C)(C)C=N2. The minimum atomic E-state index is -0.146. The van der Waals surface area contributed by atoms with Gasteiger partial charge in [-0.1, -0.05) is 27.7 Å². The summed E-state index contributed by atoms with van der Waals surface area (Å²) in [6.07, 6.45) is 3.83. The normalized spacial score (nSPS) is 16.8. The third-order valence-corrected chi connectivity index (χ3v) is 3.02. The summed E-state index contributed by atoms with van der Waals surface area (Å²) in [5.41, 5.74) is 1.66. The second-order valence-corrected chi connectivity index (χ2v) is 6.29. The van der Waals surface area contributed by atoms with Gasteiger partial charge in [0, 0.05) is 23.8 Å². The van der Waals surface area contributed by atoms with Crippen molar-refractivity contribution in [2.75, 3.05) is 0 Å². The van der Waals surface area contributed by atoms with Crippen molar-refractivity contribution in [1.29, 1.82) is 0 Å². The molecule has 102 valence electrons. The van der Waals surface area contributed by atoms with Gasteiger partial charge in [0.25, 0.3) is 0 Å². The van der Waals surface area contributed by atoms with Gasteiger partial charge in [0.1, 0.15) is 11.5 Å². The van der Waals surface area contributed by atoms with Crippen LogP contribution in [0.1, 0.15) is 64.9 Å². The van der Waals surface area contributed by atoms with E-state index in [1.54, 1.807) is 0 Å². The van der Waals surface area contributed by atoms with E-state index in [-0.39, 0.29) is 5.41 Å². The Balaban J connectivity index is 2.66. The molecule has 0 fully saturated rings. The highest BCUT2D eigenvalue weighted by Crippen LogP contribution is 2.36. The quantitative estimate of drug-likeness (QED) is 0.799. The largest absolute Gasteiger partial charge is 0.254 e. The molecule has 2 heterocycles. The third-order valence-electron chi connectivity index (χ3n) is 3.02. The van der Waals surface area contributed by atoms with Crippen LogP contribution in [-0.4, -0.2) is 22.4 Å². The van der Waals surface area contributed by atoms with Crippen LogP contribution in [0, 0.1) is 5.41 Å². The van der Waals surface area contributed by atoms with Gasteiger partial charge in [-0.25, -0.2) is 15.0 Å². The van der Waals surface area contributed by atoms with E-state index >= 15 is 0 Å². The van der Waals surface area contributed by atoms with Gasteiger partial charge in [0.05, 0.1) is 5.69 Å². The molecular weight excluding hydrogens is 236 g/mol. The molecule has 0 saturated carbocycles. The molecule has 0 atom stereocenters. The van der Waals surface area contributed by atoms with Crippen LogP contribution in [0.15, 0.2) is 9.98 Å². The average molecular weight is 258 g/mol. The second-order valence-electron chi connectivity index (χ2n) is 6.29. The minimum absolute atomic E-state index is 0.146. The van der Waals surface area contributed by atoms with E-state index in [9.17, 15) is 0 Å². The van der Waals surface area contributed by atoms with Gasteiger partial charge in [-0.05, 0) is 19.8 Å². The molecule has 4 nitrogen and oxygen atoms in total. The summed E-state index contributed by atoms with van der Waals surface area (Å²) >= 11 is 0. The molecule has 0 spiro atoms. The Morgan fingerprint density at radius 1 is 0.895 bits per heavy atom. The summed E-state index contributed by atoms with van der Waals surface area (Å²) in [6.45, 7) is 12.6. The number of rotatable bonds is 2. The third kappa shape index (κ3) is 2.88. The zero-order valence-corrected chi connectivity index (χ0v) is 12.6. The highest BCUT2D eigenvalue weighted by atomic mass is 15.0. The molecule has 1 aliphatic heterocycles. The topological polar surface area (TPSA) is 50.5 Å². The van der Waals surface area contributed by atoms with Crippen LogP contribution >= 0.6 is 0 Å². The van der Waals surface area contributed by atoms with Crippen molar-refractivity contribution in [1.82, 2.24) is 9.97 Å². The number of aromatic nitrogens is 2. The maximum absolute atomic E-state index is 4.68. The smallest absolute Gasteiger partial charge is 0.181 e. The number of hydrogen-bond donors (Lipinski definition) is 0. The first kappa shape index (κ1) is 13.8. The zero-order valence-electron chi connectivity index (χ0n) is 12.6. The van der Waals surface area contributed by atoms with E-state index in [2.05, 4.69) is 61.5 Å². The molecule has 4 heteroatoms. The van der Waals surface area contributed by atoms with Crippen molar-refractivity contribution in [2.24, 2.45) is 15.4 Å². The lowest BCUT2D eigenvalue weighted by molar-refractivity contribution is 0.731. The monoisotopic (exact) mass is 258 g/mol. The van der Waals surface area contributed by atoms with Crippen molar-refractivity contribution in [3.05, 3.63) is 11.5 Å². The Bertz CT molecular complexity index is 539. The first-order chi connectivity index (χ1) is 8.80. The van der Waals surface area contributed by atoms with Crippen LogP contribution in [0.4, 0.5) is 11.5 Å². The molecule has 0 bridgehead atoms. The first-order valence-corrected chi connectivity index (χ1v) is 6.82. The molecule has 1 aliphatic rings. The Morgan fingerprint density at radius 2 is 1.53 bits per heavy atom. The lowest BCUT2D eigenvalue weighted by Crippen LogP contribution is -2.13. The minimum Gasteiger partial charge on any atom is -0.254 e. The van der Waals surface area contributed by atoms with E-state index in [4.69, 9.17) is 0 Å². The Labute approximate surface area is 115 Å². The summed E-state index contributed by atoms with van der Waals surface area (Å²) in [5.74, 6) is 2.14. The number of hydrogen-bond acceptors (Lipinski definition) is 4. The van der Waals surface area contributed by atoms with Crippen LogP contribution in [-0.2, 0) is 0 Å². The van der Waals surface area contributed by atoms with E-state index in [0.29, 0.717) is 17.7 Å². The van der Waals surface area contributed by atoms with E-state index in [1.165, 1.54) is 0 Å². The van der Waals surface area contributed by atoms with Crippen LogP contribution < -0.4 is 0 Å². The lowest BCUT2D eigenvalue weighted by Gasteiger charge is -2.13. The van der Waals surface area contributed by atoms with Crippen LogP contribution in [0.5, 0.6) is 0 Å². The fourth-order valence-electron chi connectivity index (χ4n) is 1.84. The summed E-state index contributed by atoms with van der Waals surface area (Å²) in [6, 6.07) is 0. The van der Waals surface area contributed by atoms with E-state index in [1.807, 2.05) is 12.4 Å². The molecule has 19 heavy (non-hydrogen) atoms. The average Bonchev–Trinajstić information content (AvgIpc) is 2.47. The zero-order chi connectivity index (χ0) is 14.2. The van der Waals surface area contributed by atoms with Gasteiger partial charge >= 0.3 is 0 Å². The van der Waals surface area contributed by atoms with Crippen molar-refractivity contribution in [3.63, 3.8) is 0 Å². The Kier molecular flexibility index (Phi) is 3.52. The van der Waals surface area contributed by atoms with Gasteiger partial charge in [-0.3, -0.25) is 4.99 Å². The predicted molar refractivity (Wildman–Crippen MR) is 80.3 cm³/mol. The van der Waals surface area contributed by atoms with Crippen molar-refractivity contribution < 1.29 is 0 Å². The standard InChI is InChI=1S/C15H22N4/c1-9(2)11-12-14(19-13(18-11)10(3)4)17-8-15(5,6)7-16-12/h7-10H,1-6H3. The van der Waals surface area contributed by atoms with Crippen molar-refractivity contribution in [3.8, 4) is 0 Å². The predicted octanol–water partition coefficient (Wildman–Crippen LogP) is 4.17. The maximum Gasteiger partial charge on any atom is 0.181 e.